The fourth-order valence-electron chi connectivity index (χ4n) is 3.10. The highest BCUT2D eigenvalue weighted by molar-refractivity contribution is 6.04. The van der Waals surface area contributed by atoms with Gasteiger partial charge in [-0.15, -0.1) is 0 Å². The number of ether oxygens (including phenoxy) is 1. The summed E-state index contributed by atoms with van der Waals surface area (Å²) < 4.78 is 5.50. The van der Waals surface area contributed by atoms with Crippen molar-refractivity contribution in [2.24, 2.45) is 0 Å². The SMILES string of the molecule is CNC(=O)NC(=O)[C@@H](OC(=O)c1ccccc1N1CCCC1=O)c1ccccc1. The van der Waals surface area contributed by atoms with Gasteiger partial charge in [-0.1, -0.05) is 42.5 Å². The van der Waals surface area contributed by atoms with Crippen molar-refractivity contribution in [1.82, 2.24) is 10.6 Å². The molecule has 150 valence electrons. The van der Waals surface area contributed by atoms with Gasteiger partial charge in [0.15, 0.2) is 0 Å². The van der Waals surface area contributed by atoms with E-state index in [2.05, 4.69) is 10.6 Å². The molecular formula is C21H21N3O5. The van der Waals surface area contributed by atoms with Crippen LogP contribution in [0.2, 0.25) is 0 Å². The number of rotatable bonds is 5. The Balaban J connectivity index is 1.88. The van der Waals surface area contributed by atoms with Gasteiger partial charge in [0.25, 0.3) is 5.91 Å². The summed E-state index contributed by atoms with van der Waals surface area (Å²) in [4.78, 5) is 50.7. The van der Waals surface area contributed by atoms with Gasteiger partial charge >= 0.3 is 12.0 Å². The summed E-state index contributed by atoms with van der Waals surface area (Å²) in [6, 6.07) is 14.3. The molecule has 0 aromatic heterocycles. The maximum Gasteiger partial charge on any atom is 0.341 e. The molecule has 2 aromatic rings. The lowest BCUT2D eigenvalue weighted by Gasteiger charge is -2.21. The smallest absolute Gasteiger partial charge is 0.341 e. The first-order valence-corrected chi connectivity index (χ1v) is 9.19. The summed E-state index contributed by atoms with van der Waals surface area (Å²) in [5.74, 6) is -1.61. The Labute approximate surface area is 167 Å². The van der Waals surface area contributed by atoms with E-state index in [4.69, 9.17) is 4.74 Å². The zero-order valence-corrected chi connectivity index (χ0v) is 15.9. The largest absolute Gasteiger partial charge is 0.444 e. The molecular weight excluding hydrogens is 374 g/mol. The molecule has 0 unspecified atom stereocenters. The van der Waals surface area contributed by atoms with Gasteiger partial charge in [-0.3, -0.25) is 14.9 Å². The van der Waals surface area contributed by atoms with Crippen molar-refractivity contribution in [3.8, 4) is 0 Å². The first kappa shape index (κ1) is 20.1. The highest BCUT2D eigenvalue weighted by atomic mass is 16.5. The number of para-hydroxylation sites is 1. The molecule has 2 aromatic carbocycles. The first-order chi connectivity index (χ1) is 14.0. The van der Waals surface area contributed by atoms with Crippen molar-refractivity contribution in [3.05, 3.63) is 65.7 Å². The minimum atomic E-state index is -1.33. The average Bonchev–Trinajstić information content (AvgIpc) is 3.17. The Kier molecular flexibility index (Phi) is 6.23. The molecule has 4 amide bonds. The lowest BCUT2D eigenvalue weighted by atomic mass is 10.1. The lowest BCUT2D eigenvalue weighted by Crippen LogP contribution is -2.41. The van der Waals surface area contributed by atoms with Crippen LogP contribution in [0.25, 0.3) is 0 Å². The number of nitrogens with one attached hydrogen (secondary N) is 2. The second-order valence-electron chi connectivity index (χ2n) is 6.43. The number of hydrogen-bond acceptors (Lipinski definition) is 5. The Morgan fingerprint density at radius 2 is 1.72 bits per heavy atom. The van der Waals surface area contributed by atoms with E-state index < -0.39 is 24.0 Å². The van der Waals surface area contributed by atoms with Gasteiger partial charge in [-0.05, 0) is 18.6 Å². The second kappa shape index (κ2) is 9.01. The van der Waals surface area contributed by atoms with E-state index in [0.717, 1.165) is 0 Å². The molecule has 8 heteroatoms. The van der Waals surface area contributed by atoms with Gasteiger partial charge < -0.3 is 15.0 Å². The second-order valence-corrected chi connectivity index (χ2v) is 6.43. The first-order valence-electron chi connectivity index (χ1n) is 9.19. The van der Waals surface area contributed by atoms with E-state index in [1.54, 1.807) is 59.5 Å². The molecule has 0 aliphatic carbocycles. The maximum absolute atomic E-state index is 12.9. The summed E-state index contributed by atoms with van der Waals surface area (Å²) >= 11 is 0. The van der Waals surface area contributed by atoms with Crippen LogP contribution in [0.5, 0.6) is 0 Å². The van der Waals surface area contributed by atoms with Crippen molar-refractivity contribution in [2.45, 2.75) is 18.9 Å². The molecule has 1 aliphatic rings. The van der Waals surface area contributed by atoms with E-state index in [1.165, 1.54) is 7.05 Å². The number of anilines is 1. The van der Waals surface area contributed by atoms with E-state index in [-0.39, 0.29) is 11.5 Å². The molecule has 8 nitrogen and oxygen atoms in total. The number of esters is 1. The number of nitrogens with zero attached hydrogens (tertiary/aromatic N) is 1. The highest BCUT2D eigenvalue weighted by Gasteiger charge is 2.30. The summed E-state index contributed by atoms with van der Waals surface area (Å²) in [5.41, 5.74) is 1.03. The van der Waals surface area contributed by atoms with Gasteiger partial charge in [0.05, 0.1) is 11.3 Å². The standard InChI is InChI=1S/C21H21N3O5/c1-22-21(28)23-19(26)18(14-8-3-2-4-9-14)29-20(27)15-10-5-6-11-16(15)24-13-7-12-17(24)25/h2-6,8-11,18H,7,12-13H2,1H3,(H2,22,23,26,28)/t18-/m0/s1. The number of carbonyl (C=O) groups is 4. The van der Waals surface area contributed by atoms with E-state index >= 15 is 0 Å². The predicted octanol–water partition coefficient (Wildman–Crippen LogP) is 2.17. The summed E-state index contributed by atoms with van der Waals surface area (Å²) in [6.45, 7) is 0.516. The average molecular weight is 395 g/mol. The molecule has 1 aliphatic heterocycles. The quantitative estimate of drug-likeness (QED) is 0.755. The van der Waals surface area contributed by atoms with Crippen LogP contribution in [0.15, 0.2) is 54.6 Å². The predicted molar refractivity (Wildman–Crippen MR) is 105 cm³/mol. The Morgan fingerprint density at radius 1 is 1.03 bits per heavy atom. The maximum atomic E-state index is 12.9. The highest BCUT2D eigenvalue weighted by Crippen LogP contribution is 2.28. The van der Waals surface area contributed by atoms with Crippen molar-refractivity contribution in [3.63, 3.8) is 0 Å². The molecule has 1 saturated heterocycles. The van der Waals surface area contributed by atoms with Crippen molar-refractivity contribution in [2.75, 3.05) is 18.5 Å². The van der Waals surface area contributed by atoms with Crippen LogP contribution in [0.3, 0.4) is 0 Å². The van der Waals surface area contributed by atoms with Crippen LogP contribution < -0.4 is 15.5 Å². The van der Waals surface area contributed by atoms with E-state index in [0.29, 0.717) is 30.6 Å². The van der Waals surface area contributed by atoms with Crippen molar-refractivity contribution < 1.29 is 23.9 Å². The molecule has 0 radical (unpaired) electrons. The Morgan fingerprint density at radius 3 is 2.38 bits per heavy atom. The van der Waals surface area contributed by atoms with Gasteiger partial charge in [-0.25, -0.2) is 9.59 Å². The monoisotopic (exact) mass is 395 g/mol. The minimum absolute atomic E-state index is 0.0674. The zero-order chi connectivity index (χ0) is 20.8. The van der Waals surface area contributed by atoms with Crippen molar-refractivity contribution >= 4 is 29.5 Å². The van der Waals surface area contributed by atoms with E-state index in [1.807, 2.05) is 0 Å². The fourth-order valence-corrected chi connectivity index (χ4v) is 3.10. The molecule has 3 rings (SSSR count). The van der Waals surface area contributed by atoms with Crippen LogP contribution in [-0.2, 0) is 14.3 Å². The summed E-state index contributed by atoms with van der Waals surface area (Å²) in [6.07, 6.45) is -0.197. The number of hydrogen-bond donors (Lipinski definition) is 2. The number of carbonyl (C=O) groups excluding carboxylic acids is 4. The Bertz CT molecular complexity index is 929. The van der Waals surface area contributed by atoms with Crippen LogP contribution in [0, 0.1) is 0 Å². The number of amides is 4. The van der Waals surface area contributed by atoms with Crippen LogP contribution in [0.1, 0.15) is 34.9 Å². The molecule has 1 atom stereocenters. The minimum Gasteiger partial charge on any atom is -0.444 e. The molecule has 1 heterocycles. The van der Waals surface area contributed by atoms with Crippen molar-refractivity contribution in [1.29, 1.82) is 0 Å². The number of imide groups is 1. The fraction of sp³-hybridized carbons (Fsp3) is 0.238. The molecule has 0 spiro atoms. The normalized spacial score (nSPS) is 14.2. The topological polar surface area (TPSA) is 105 Å². The molecule has 29 heavy (non-hydrogen) atoms. The summed E-state index contributed by atoms with van der Waals surface area (Å²) in [5, 5.41) is 4.41. The van der Waals surface area contributed by atoms with Gasteiger partial charge in [0.2, 0.25) is 12.0 Å². The van der Waals surface area contributed by atoms with E-state index in [9.17, 15) is 19.2 Å². The third-order valence-corrected chi connectivity index (χ3v) is 4.52. The molecule has 0 bridgehead atoms. The van der Waals surface area contributed by atoms with Crippen LogP contribution >= 0.6 is 0 Å². The molecule has 1 fully saturated rings. The van der Waals surface area contributed by atoms with Gasteiger partial charge in [0, 0.05) is 25.6 Å². The van der Waals surface area contributed by atoms with Crippen LogP contribution in [-0.4, -0.2) is 37.4 Å². The van der Waals surface area contributed by atoms with Gasteiger partial charge in [-0.2, -0.15) is 0 Å². The Hall–Kier alpha value is -3.68. The molecule has 2 N–H and O–H groups in total. The zero-order valence-electron chi connectivity index (χ0n) is 15.9. The third kappa shape index (κ3) is 4.60. The number of benzene rings is 2. The number of urea groups is 1. The summed E-state index contributed by atoms with van der Waals surface area (Å²) in [7, 11) is 1.37. The third-order valence-electron chi connectivity index (χ3n) is 4.52. The van der Waals surface area contributed by atoms with Gasteiger partial charge in [0.1, 0.15) is 0 Å². The molecule has 0 saturated carbocycles. The van der Waals surface area contributed by atoms with Crippen LogP contribution in [0.4, 0.5) is 10.5 Å². The lowest BCUT2D eigenvalue weighted by molar-refractivity contribution is -0.129.